The number of likely N-dealkylation sites (N-methyl/N-ethyl adjacent to an activating group) is 1. The lowest BCUT2D eigenvalue weighted by atomic mass is 9.91. The molecular weight excluding hydrogens is 298 g/mol. The van der Waals surface area contributed by atoms with Crippen LogP contribution in [0, 0.1) is 6.92 Å². The molecule has 0 fully saturated rings. The summed E-state index contributed by atoms with van der Waals surface area (Å²) in [7, 11) is 2.01. The molecule has 0 bridgehead atoms. The van der Waals surface area contributed by atoms with Crippen LogP contribution in [0.5, 0.6) is 0 Å². The molecule has 0 saturated heterocycles. The van der Waals surface area contributed by atoms with E-state index < -0.39 is 0 Å². The van der Waals surface area contributed by atoms with E-state index in [1.54, 1.807) is 0 Å². The standard InChI is InChI=1S/C17H20BrN/c1-13-6-8-14(9-7-13)10-16(12-19-2)15-4-3-5-17(18)11-15/h3-9,11,16,19H,10,12H2,1-2H3. The van der Waals surface area contributed by atoms with Gasteiger partial charge >= 0.3 is 0 Å². The first kappa shape index (κ1) is 14.3. The van der Waals surface area contributed by atoms with E-state index >= 15 is 0 Å². The van der Waals surface area contributed by atoms with Crippen molar-refractivity contribution in [3.8, 4) is 0 Å². The van der Waals surface area contributed by atoms with Gasteiger partial charge in [0.2, 0.25) is 0 Å². The maximum absolute atomic E-state index is 3.56. The van der Waals surface area contributed by atoms with Gasteiger partial charge in [0.05, 0.1) is 0 Å². The molecule has 1 unspecified atom stereocenters. The minimum Gasteiger partial charge on any atom is -0.319 e. The lowest BCUT2D eigenvalue weighted by Gasteiger charge is -2.17. The Morgan fingerprint density at radius 3 is 2.47 bits per heavy atom. The molecular formula is C17H20BrN. The predicted molar refractivity (Wildman–Crippen MR) is 85.7 cm³/mol. The van der Waals surface area contributed by atoms with Gasteiger partial charge < -0.3 is 5.32 Å². The topological polar surface area (TPSA) is 12.0 Å². The van der Waals surface area contributed by atoms with Gasteiger partial charge in [-0.05, 0) is 43.7 Å². The Hall–Kier alpha value is -1.12. The molecule has 100 valence electrons. The molecule has 0 aliphatic carbocycles. The fourth-order valence-corrected chi connectivity index (χ4v) is 2.74. The number of aryl methyl sites for hydroxylation is 1. The highest BCUT2D eigenvalue weighted by Gasteiger charge is 2.11. The van der Waals surface area contributed by atoms with Crippen molar-refractivity contribution < 1.29 is 0 Å². The minimum atomic E-state index is 0.505. The Kier molecular flexibility index (Phi) is 5.17. The Balaban J connectivity index is 2.18. The quantitative estimate of drug-likeness (QED) is 0.866. The second-order valence-electron chi connectivity index (χ2n) is 5.00. The zero-order valence-electron chi connectivity index (χ0n) is 11.5. The third kappa shape index (κ3) is 4.19. The summed E-state index contributed by atoms with van der Waals surface area (Å²) >= 11 is 3.56. The van der Waals surface area contributed by atoms with Gasteiger partial charge in [0.1, 0.15) is 0 Å². The molecule has 0 aromatic heterocycles. The summed E-state index contributed by atoms with van der Waals surface area (Å²) in [6.07, 6.45) is 1.07. The first-order chi connectivity index (χ1) is 9.19. The van der Waals surface area contributed by atoms with E-state index in [1.807, 2.05) is 7.05 Å². The molecule has 1 atom stereocenters. The third-order valence-electron chi connectivity index (χ3n) is 3.37. The Morgan fingerprint density at radius 1 is 1.11 bits per heavy atom. The molecule has 1 nitrogen and oxygen atoms in total. The predicted octanol–water partition coefficient (Wildman–Crippen LogP) is 4.30. The molecule has 2 aromatic carbocycles. The molecule has 2 heteroatoms. The highest BCUT2D eigenvalue weighted by atomic mass is 79.9. The fraction of sp³-hybridized carbons (Fsp3) is 0.294. The smallest absolute Gasteiger partial charge is 0.0178 e. The van der Waals surface area contributed by atoms with Crippen molar-refractivity contribution in [2.75, 3.05) is 13.6 Å². The van der Waals surface area contributed by atoms with Crippen LogP contribution in [0.25, 0.3) is 0 Å². The monoisotopic (exact) mass is 317 g/mol. The number of benzene rings is 2. The van der Waals surface area contributed by atoms with Crippen molar-refractivity contribution in [3.05, 3.63) is 69.7 Å². The van der Waals surface area contributed by atoms with Crippen LogP contribution in [0.2, 0.25) is 0 Å². The second kappa shape index (κ2) is 6.88. The van der Waals surface area contributed by atoms with E-state index in [4.69, 9.17) is 0 Å². The Bertz CT molecular complexity index is 519. The van der Waals surface area contributed by atoms with Gasteiger partial charge in [0.25, 0.3) is 0 Å². The maximum atomic E-state index is 3.56. The molecule has 0 saturated carbocycles. The normalized spacial score (nSPS) is 12.4. The van der Waals surface area contributed by atoms with E-state index in [9.17, 15) is 0 Å². The van der Waals surface area contributed by atoms with Crippen molar-refractivity contribution in [1.29, 1.82) is 0 Å². The summed E-state index contributed by atoms with van der Waals surface area (Å²) in [6, 6.07) is 17.4. The summed E-state index contributed by atoms with van der Waals surface area (Å²) in [5.74, 6) is 0.505. The first-order valence-corrected chi connectivity index (χ1v) is 7.44. The van der Waals surface area contributed by atoms with Gasteiger partial charge in [-0.15, -0.1) is 0 Å². The second-order valence-corrected chi connectivity index (χ2v) is 5.92. The number of hydrogen-bond donors (Lipinski definition) is 1. The minimum absolute atomic E-state index is 0.505. The van der Waals surface area contributed by atoms with E-state index in [0.717, 1.165) is 17.4 Å². The number of nitrogens with one attached hydrogen (secondary N) is 1. The maximum Gasteiger partial charge on any atom is 0.0178 e. The molecule has 1 N–H and O–H groups in total. The van der Waals surface area contributed by atoms with Crippen molar-refractivity contribution in [1.82, 2.24) is 5.32 Å². The molecule has 0 radical (unpaired) electrons. The van der Waals surface area contributed by atoms with Crippen molar-refractivity contribution in [2.24, 2.45) is 0 Å². The largest absolute Gasteiger partial charge is 0.319 e. The fourth-order valence-electron chi connectivity index (χ4n) is 2.32. The Labute approximate surface area is 124 Å². The van der Waals surface area contributed by atoms with Crippen molar-refractivity contribution in [3.63, 3.8) is 0 Å². The molecule has 2 aromatic rings. The molecule has 0 aliphatic rings. The SMILES string of the molecule is CNCC(Cc1ccc(C)cc1)c1cccc(Br)c1. The van der Waals surface area contributed by atoms with E-state index in [0.29, 0.717) is 5.92 Å². The molecule has 0 amide bonds. The number of hydrogen-bond acceptors (Lipinski definition) is 1. The van der Waals surface area contributed by atoms with Crippen LogP contribution in [0.15, 0.2) is 53.0 Å². The highest BCUT2D eigenvalue weighted by molar-refractivity contribution is 9.10. The highest BCUT2D eigenvalue weighted by Crippen LogP contribution is 2.23. The van der Waals surface area contributed by atoms with Crippen LogP contribution in [0.1, 0.15) is 22.6 Å². The van der Waals surface area contributed by atoms with E-state index in [-0.39, 0.29) is 0 Å². The average Bonchev–Trinajstić information content (AvgIpc) is 2.41. The van der Waals surface area contributed by atoms with Crippen molar-refractivity contribution in [2.45, 2.75) is 19.3 Å². The zero-order chi connectivity index (χ0) is 13.7. The third-order valence-corrected chi connectivity index (χ3v) is 3.87. The summed E-state index contributed by atoms with van der Waals surface area (Å²) in [6.45, 7) is 3.12. The number of rotatable bonds is 5. The summed E-state index contributed by atoms with van der Waals surface area (Å²) in [5, 5.41) is 3.30. The van der Waals surface area contributed by atoms with Crippen LogP contribution >= 0.6 is 15.9 Å². The lowest BCUT2D eigenvalue weighted by molar-refractivity contribution is 0.625. The summed E-state index contributed by atoms with van der Waals surface area (Å²) in [4.78, 5) is 0. The van der Waals surface area contributed by atoms with Crippen molar-refractivity contribution >= 4 is 15.9 Å². The lowest BCUT2D eigenvalue weighted by Crippen LogP contribution is -2.19. The van der Waals surface area contributed by atoms with E-state index in [1.165, 1.54) is 16.7 Å². The van der Waals surface area contributed by atoms with Crippen LogP contribution < -0.4 is 5.32 Å². The zero-order valence-corrected chi connectivity index (χ0v) is 13.1. The van der Waals surface area contributed by atoms with Gasteiger partial charge in [-0.3, -0.25) is 0 Å². The van der Waals surface area contributed by atoms with Gasteiger partial charge in [0, 0.05) is 16.9 Å². The van der Waals surface area contributed by atoms with E-state index in [2.05, 4.69) is 76.7 Å². The van der Waals surface area contributed by atoms with Crippen LogP contribution in [-0.2, 0) is 6.42 Å². The summed E-state index contributed by atoms with van der Waals surface area (Å²) in [5.41, 5.74) is 4.09. The summed E-state index contributed by atoms with van der Waals surface area (Å²) < 4.78 is 1.15. The molecule has 0 spiro atoms. The van der Waals surface area contributed by atoms with Crippen LogP contribution in [0.4, 0.5) is 0 Å². The molecule has 2 rings (SSSR count). The Morgan fingerprint density at radius 2 is 1.84 bits per heavy atom. The number of halogens is 1. The molecule has 0 heterocycles. The van der Waals surface area contributed by atoms with Gasteiger partial charge in [-0.2, -0.15) is 0 Å². The molecule has 19 heavy (non-hydrogen) atoms. The van der Waals surface area contributed by atoms with Gasteiger partial charge in [0.15, 0.2) is 0 Å². The molecule has 0 aliphatic heterocycles. The van der Waals surface area contributed by atoms with Gasteiger partial charge in [-0.25, -0.2) is 0 Å². The average molecular weight is 318 g/mol. The van der Waals surface area contributed by atoms with Crippen LogP contribution in [-0.4, -0.2) is 13.6 Å². The van der Waals surface area contributed by atoms with Gasteiger partial charge in [-0.1, -0.05) is 57.9 Å². The first-order valence-electron chi connectivity index (χ1n) is 6.64. The van der Waals surface area contributed by atoms with Crippen LogP contribution in [0.3, 0.4) is 0 Å².